The van der Waals surface area contributed by atoms with Crippen LogP contribution in [0.3, 0.4) is 0 Å². The zero-order valence-corrected chi connectivity index (χ0v) is 18.3. The van der Waals surface area contributed by atoms with Crippen molar-refractivity contribution < 1.29 is 9.59 Å². The van der Waals surface area contributed by atoms with Crippen molar-refractivity contribution in [1.82, 2.24) is 30.0 Å². The van der Waals surface area contributed by atoms with Crippen LogP contribution in [-0.2, 0) is 18.3 Å². The van der Waals surface area contributed by atoms with Crippen LogP contribution < -0.4 is 5.32 Å². The molecule has 0 saturated carbocycles. The van der Waals surface area contributed by atoms with Crippen molar-refractivity contribution in [3.05, 3.63) is 34.9 Å². The predicted molar refractivity (Wildman–Crippen MR) is 112 cm³/mol. The average molecular weight is 417 g/mol. The lowest BCUT2D eigenvalue weighted by atomic mass is 10.0. The van der Waals surface area contributed by atoms with E-state index in [2.05, 4.69) is 20.4 Å². The number of carbonyl (C=O) groups is 2. The number of hydrogen-bond acceptors (Lipinski definition) is 6. The van der Waals surface area contributed by atoms with Crippen LogP contribution >= 0.6 is 11.8 Å². The molecule has 0 radical (unpaired) electrons. The molecule has 1 aliphatic heterocycles. The number of amides is 2. The average Bonchev–Trinajstić information content (AvgIpc) is 3.14. The van der Waals surface area contributed by atoms with E-state index in [1.807, 2.05) is 25.0 Å². The Balaban J connectivity index is 1.47. The van der Waals surface area contributed by atoms with Gasteiger partial charge in [-0.3, -0.25) is 14.3 Å². The number of nitrogens with zero attached hydrogens (tertiary/aromatic N) is 5. The second-order valence-corrected chi connectivity index (χ2v) is 8.16. The number of rotatable bonds is 6. The van der Waals surface area contributed by atoms with Crippen LogP contribution in [0.2, 0.25) is 0 Å². The number of piperidine rings is 1. The first-order valence-electron chi connectivity index (χ1n) is 9.82. The summed E-state index contributed by atoms with van der Waals surface area (Å²) < 4.78 is 1.61. The first-order valence-corrected chi connectivity index (χ1v) is 11.0. The van der Waals surface area contributed by atoms with Crippen LogP contribution in [0.1, 0.15) is 46.6 Å². The molecule has 29 heavy (non-hydrogen) atoms. The highest BCUT2D eigenvalue weighted by molar-refractivity contribution is 7.98. The summed E-state index contributed by atoms with van der Waals surface area (Å²) in [6, 6.07) is 0.0868. The van der Waals surface area contributed by atoms with E-state index < -0.39 is 0 Å². The highest BCUT2D eigenvalue weighted by Gasteiger charge is 2.24. The molecule has 0 atom stereocenters. The van der Waals surface area contributed by atoms with Crippen molar-refractivity contribution in [1.29, 1.82) is 0 Å². The van der Waals surface area contributed by atoms with Gasteiger partial charge in [0.1, 0.15) is 0 Å². The van der Waals surface area contributed by atoms with Gasteiger partial charge in [-0.15, -0.1) is 0 Å². The summed E-state index contributed by atoms with van der Waals surface area (Å²) in [7, 11) is 1.78. The van der Waals surface area contributed by atoms with Crippen molar-refractivity contribution in [3.63, 3.8) is 0 Å². The second-order valence-electron chi connectivity index (χ2n) is 7.39. The third-order valence-electron chi connectivity index (χ3n) is 5.32. The summed E-state index contributed by atoms with van der Waals surface area (Å²) in [5.41, 5.74) is 3.53. The van der Waals surface area contributed by atoms with E-state index in [0.717, 1.165) is 34.9 Å². The number of hydrogen-bond donors (Lipinski definition) is 1. The fraction of sp³-hybridized carbons (Fsp3) is 0.550. The summed E-state index contributed by atoms with van der Waals surface area (Å²) in [4.78, 5) is 35.8. The Bertz CT molecular complexity index is 866. The molecule has 1 N–H and O–H groups in total. The van der Waals surface area contributed by atoms with Gasteiger partial charge < -0.3 is 10.2 Å². The second kappa shape index (κ2) is 9.39. The monoisotopic (exact) mass is 416 g/mol. The molecule has 1 aliphatic rings. The van der Waals surface area contributed by atoms with Gasteiger partial charge in [-0.05, 0) is 44.9 Å². The molecule has 8 nitrogen and oxygen atoms in total. The molecule has 3 rings (SSSR count). The Morgan fingerprint density at radius 3 is 2.41 bits per heavy atom. The van der Waals surface area contributed by atoms with E-state index in [9.17, 15) is 9.59 Å². The highest BCUT2D eigenvalue weighted by atomic mass is 32.2. The molecule has 156 valence electrons. The van der Waals surface area contributed by atoms with E-state index in [-0.39, 0.29) is 17.9 Å². The molecule has 1 fully saturated rings. The number of nitrogens with one attached hydrogen (secondary N) is 1. The summed E-state index contributed by atoms with van der Waals surface area (Å²) in [6.45, 7) is 5.28. The van der Waals surface area contributed by atoms with Crippen molar-refractivity contribution in [3.8, 4) is 0 Å². The molecule has 3 heterocycles. The third kappa shape index (κ3) is 5.35. The Labute approximate surface area is 175 Å². The van der Waals surface area contributed by atoms with Crippen LogP contribution in [0.5, 0.6) is 0 Å². The topological polar surface area (TPSA) is 93.0 Å². The summed E-state index contributed by atoms with van der Waals surface area (Å²) in [5.74, 6) is 0.0392. The molecule has 0 unspecified atom stereocenters. The molecule has 2 aromatic heterocycles. The molecule has 9 heteroatoms. The van der Waals surface area contributed by atoms with Crippen LogP contribution in [-0.4, -0.2) is 61.8 Å². The quantitative estimate of drug-likeness (QED) is 0.571. The van der Waals surface area contributed by atoms with Crippen molar-refractivity contribution in [2.24, 2.45) is 7.05 Å². The van der Waals surface area contributed by atoms with E-state index in [1.165, 1.54) is 11.8 Å². The van der Waals surface area contributed by atoms with E-state index in [0.29, 0.717) is 31.5 Å². The lowest BCUT2D eigenvalue weighted by Gasteiger charge is -2.32. The van der Waals surface area contributed by atoms with Gasteiger partial charge in [-0.25, -0.2) is 9.97 Å². The van der Waals surface area contributed by atoms with Gasteiger partial charge in [0.05, 0.1) is 11.8 Å². The van der Waals surface area contributed by atoms with Crippen molar-refractivity contribution in [2.45, 2.75) is 50.7 Å². The van der Waals surface area contributed by atoms with Gasteiger partial charge in [0.25, 0.3) is 5.91 Å². The minimum absolute atomic E-state index is 0.0868. The van der Waals surface area contributed by atoms with E-state index >= 15 is 0 Å². The molecule has 1 saturated heterocycles. The normalized spacial score (nSPS) is 14.8. The van der Waals surface area contributed by atoms with Gasteiger partial charge in [0.2, 0.25) is 5.91 Å². The molecular weight excluding hydrogens is 388 g/mol. The van der Waals surface area contributed by atoms with Crippen LogP contribution in [0.4, 0.5) is 0 Å². The van der Waals surface area contributed by atoms with E-state index in [1.54, 1.807) is 24.1 Å². The van der Waals surface area contributed by atoms with Crippen LogP contribution in [0, 0.1) is 13.8 Å². The summed E-state index contributed by atoms with van der Waals surface area (Å²) >= 11 is 1.52. The maximum Gasteiger partial charge on any atom is 0.254 e. The predicted octanol–water partition coefficient (Wildman–Crippen LogP) is 1.90. The number of likely N-dealkylation sites (tertiary alicyclic amines) is 1. The maximum atomic E-state index is 12.7. The zero-order chi connectivity index (χ0) is 21.0. The van der Waals surface area contributed by atoms with Gasteiger partial charge in [-0.1, -0.05) is 11.8 Å². The van der Waals surface area contributed by atoms with Crippen molar-refractivity contribution in [2.75, 3.05) is 19.3 Å². The largest absolute Gasteiger partial charge is 0.349 e. The summed E-state index contributed by atoms with van der Waals surface area (Å²) in [5, 5.41) is 7.84. The molecule has 0 bridgehead atoms. The Morgan fingerprint density at radius 1 is 1.21 bits per heavy atom. The minimum Gasteiger partial charge on any atom is -0.349 e. The number of thioether (sulfide) groups is 1. The molecule has 2 aromatic rings. The highest BCUT2D eigenvalue weighted by Crippen LogP contribution is 2.18. The smallest absolute Gasteiger partial charge is 0.254 e. The minimum atomic E-state index is -0.109. The van der Waals surface area contributed by atoms with Crippen molar-refractivity contribution >= 4 is 23.6 Å². The molecule has 0 spiro atoms. The maximum absolute atomic E-state index is 12.7. The number of carbonyl (C=O) groups excluding carboxylic acids is 2. The van der Waals surface area contributed by atoms with Crippen LogP contribution in [0.25, 0.3) is 0 Å². The number of aryl methyl sites for hydroxylation is 3. The van der Waals surface area contributed by atoms with Gasteiger partial charge >= 0.3 is 0 Å². The first kappa shape index (κ1) is 21.3. The van der Waals surface area contributed by atoms with Crippen LogP contribution in [0.15, 0.2) is 17.6 Å². The van der Waals surface area contributed by atoms with Gasteiger partial charge in [-0.2, -0.15) is 5.10 Å². The summed E-state index contributed by atoms with van der Waals surface area (Å²) in [6.07, 6.45) is 7.86. The standard InChI is InChI=1S/C20H28N6O2S/c1-13-17(14(2)23-20(22-13)29-4)5-6-18(27)26-9-7-16(8-10-26)24-19(28)15-11-21-25(3)12-15/h11-12,16H,5-10H2,1-4H3,(H,24,28). The number of aromatic nitrogens is 4. The lowest BCUT2D eigenvalue weighted by Crippen LogP contribution is -2.46. The molecule has 0 aliphatic carbocycles. The lowest BCUT2D eigenvalue weighted by molar-refractivity contribution is -0.132. The van der Waals surface area contributed by atoms with E-state index in [4.69, 9.17) is 0 Å². The Kier molecular flexibility index (Phi) is 6.89. The Hall–Kier alpha value is -2.42. The van der Waals surface area contributed by atoms with Gasteiger partial charge in [0.15, 0.2) is 5.16 Å². The third-order valence-corrected chi connectivity index (χ3v) is 5.87. The van der Waals surface area contributed by atoms with Gasteiger partial charge in [0, 0.05) is 50.2 Å². The molecular formula is C20H28N6O2S. The molecule has 2 amide bonds. The Morgan fingerprint density at radius 2 is 1.86 bits per heavy atom. The molecule has 0 aromatic carbocycles. The zero-order valence-electron chi connectivity index (χ0n) is 17.4. The first-order chi connectivity index (χ1) is 13.9. The SMILES string of the molecule is CSc1nc(C)c(CCC(=O)N2CCC(NC(=O)c3cnn(C)c3)CC2)c(C)n1. The fourth-order valence-corrected chi connectivity index (χ4v) is 4.09. The fourth-order valence-electron chi connectivity index (χ4n) is 3.63.